The van der Waals surface area contributed by atoms with Gasteiger partial charge in [-0.2, -0.15) is 0 Å². The summed E-state index contributed by atoms with van der Waals surface area (Å²) in [5.41, 5.74) is 6.66. The average Bonchev–Trinajstić information content (AvgIpc) is 2.87. The van der Waals surface area contributed by atoms with E-state index in [1.165, 1.54) is 23.5 Å². The van der Waals surface area contributed by atoms with Gasteiger partial charge < -0.3 is 25.3 Å². The number of benzene rings is 3. The third-order valence-electron chi connectivity index (χ3n) is 5.06. The van der Waals surface area contributed by atoms with Crippen molar-refractivity contribution in [1.29, 1.82) is 0 Å². The minimum atomic E-state index is -3.98. The van der Waals surface area contributed by atoms with Gasteiger partial charge in [0.1, 0.15) is 24.3 Å². The van der Waals surface area contributed by atoms with Crippen LogP contribution in [0.2, 0.25) is 5.02 Å². The third-order valence-corrected chi connectivity index (χ3v) is 7.20. The number of ether oxygens (including phenoxy) is 3. The number of methoxy groups -OCH3 is 1. The van der Waals surface area contributed by atoms with Crippen LogP contribution < -0.4 is 24.8 Å². The first-order valence-corrected chi connectivity index (χ1v) is 12.9. The van der Waals surface area contributed by atoms with Crippen LogP contribution in [0, 0.1) is 0 Å². The predicted molar refractivity (Wildman–Crippen MR) is 139 cm³/mol. The Labute approximate surface area is 211 Å². The topological polar surface area (TPSA) is 103 Å². The molecule has 1 unspecified atom stereocenters. The van der Waals surface area contributed by atoms with Crippen LogP contribution in [0.15, 0.2) is 77.7 Å². The highest BCUT2D eigenvalue weighted by Gasteiger charge is 2.31. The maximum atomic E-state index is 13.7. The Morgan fingerprint density at radius 1 is 0.971 bits per heavy atom. The lowest BCUT2D eigenvalue weighted by Crippen LogP contribution is -2.41. The summed E-state index contributed by atoms with van der Waals surface area (Å²) in [5, 5.41) is 3.90. The Morgan fingerprint density at radius 2 is 1.63 bits per heavy atom. The molecule has 8 nitrogen and oxygen atoms in total. The summed E-state index contributed by atoms with van der Waals surface area (Å²) in [6.07, 6.45) is -0.807. The summed E-state index contributed by atoms with van der Waals surface area (Å²) in [6.45, 7) is 2.95. The van der Waals surface area contributed by atoms with Crippen molar-refractivity contribution >= 4 is 33.0 Å². The van der Waals surface area contributed by atoms with Gasteiger partial charge in [0.05, 0.1) is 30.0 Å². The maximum absolute atomic E-state index is 13.7. The van der Waals surface area contributed by atoms with E-state index in [0.29, 0.717) is 41.0 Å². The van der Waals surface area contributed by atoms with Crippen LogP contribution in [0.25, 0.3) is 0 Å². The van der Waals surface area contributed by atoms with Crippen LogP contribution in [-0.2, 0) is 14.8 Å². The molecule has 0 spiro atoms. The molecule has 188 valence electrons. The fourth-order valence-electron chi connectivity index (χ4n) is 3.39. The standard InChI is InChI=1S/C25H30ClN3O5S/c1-19(33-17-15-27)29(35(30,31)23-13-11-21(32-2)12-14-23)25-6-4-3-5-24(25)28-16-18-34-22-9-7-20(26)8-10-22/h3-14,19,28H,15-18,27H2,1-2H3. The molecule has 0 heterocycles. The Hall–Kier alpha value is -2.98. The molecule has 0 radical (unpaired) electrons. The minimum Gasteiger partial charge on any atom is -0.497 e. The fourth-order valence-corrected chi connectivity index (χ4v) is 5.09. The number of halogens is 1. The van der Waals surface area contributed by atoms with Gasteiger partial charge in [-0.1, -0.05) is 23.7 Å². The predicted octanol–water partition coefficient (Wildman–Crippen LogP) is 4.36. The molecule has 1 atom stereocenters. The van der Waals surface area contributed by atoms with E-state index in [2.05, 4.69) is 5.32 Å². The van der Waals surface area contributed by atoms with Gasteiger partial charge in [-0.05, 0) is 67.6 Å². The van der Waals surface area contributed by atoms with E-state index in [1.54, 1.807) is 55.5 Å². The third kappa shape index (κ3) is 7.02. The average molecular weight is 520 g/mol. The van der Waals surface area contributed by atoms with E-state index in [0.717, 1.165) is 0 Å². The fraction of sp³-hybridized carbons (Fsp3) is 0.280. The van der Waals surface area contributed by atoms with Crippen molar-refractivity contribution in [2.45, 2.75) is 18.0 Å². The molecule has 0 bridgehead atoms. The highest BCUT2D eigenvalue weighted by atomic mass is 35.5. The largest absolute Gasteiger partial charge is 0.497 e. The SMILES string of the molecule is COc1ccc(S(=O)(=O)N(c2ccccc2NCCOc2ccc(Cl)cc2)C(C)OCCN)cc1. The normalized spacial score (nSPS) is 12.1. The van der Waals surface area contributed by atoms with Crippen LogP contribution in [0.4, 0.5) is 11.4 Å². The second kappa shape index (κ2) is 12.6. The summed E-state index contributed by atoms with van der Waals surface area (Å²) in [5.74, 6) is 1.25. The van der Waals surface area contributed by atoms with Crippen molar-refractivity contribution in [3.05, 3.63) is 77.8 Å². The van der Waals surface area contributed by atoms with Crippen LogP contribution in [0.1, 0.15) is 6.92 Å². The highest BCUT2D eigenvalue weighted by Crippen LogP contribution is 2.33. The van der Waals surface area contributed by atoms with E-state index in [-0.39, 0.29) is 18.0 Å². The molecule has 3 rings (SSSR count). The maximum Gasteiger partial charge on any atom is 0.266 e. The van der Waals surface area contributed by atoms with Crippen LogP contribution in [-0.4, -0.2) is 48.1 Å². The molecule has 3 N–H and O–H groups in total. The monoisotopic (exact) mass is 519 g/mol. The van der Waals surface area contributed by atoms with E-state index in [1.807, 2.05) is 12.1 Å². The van der Waals surface area contributed by atoms with Gasteiger partial charge in [0.25, 0.3) is 10.0 Å². The Morgan fingerprint density at radius 3 is 2.29 bits per heavy atom. The first kappa shape index (κ1) is 26.6. The lowest BCUT2D eigenvalue weighted by Gasteiger charge is -2.32. The first-order chi connectivity index (χ1) is 16.9. The van der Waals surface area contributed by atoms with Crippen molar-refractivity contribution in [3.63, 3.8) is 0 Å². The number of hydrogen-bond donors (Lipinski definition) is 2. The van der Waals surface area contributed by atoms with E-state index < -0.39 is 16.3 Å². The van der Waals surface area contributed by atoms with Crippen molar-refractivity contribution in [1.82, 2.24) is 0 Å². The molecule has 0 aliphatic rings. The van der Waals surface area contributed by atoms with Crippen molar-refractivity contribution in [2.24, 2.45) is 5.73 Å². The number of nitrogens with zero attached hydrogens (tertiary/aromatic N) is 1. The van der Waals surface area contributed by atoms with Crippen molar-refractivity contribution in [2.75, 3.05) is 43.0 Å². The zero-order valence-electron chi connectivity index (χ0n) is 19.7. The lowest BCUT2D eigenvalue weighted by atomic mass is 10.2. The molecule has 35 heavy (non-hydrogen) atoms. The van der Waals surface area contributed by atoms with Crippen molar-refractivity contribution in [3.8, 4) is 11.5 Å². The zero-order valence-corrected chi connectivity index (χ0v) is 21.3. The number of rotatable bonds is 13. The summed E-state index contributed by atoms with van der Waals surface area (Å²) < 4.78 is 45.4. The van der Waals surface area contributed by atoms with Gasteiger partial charge >= 0.3 is 0 Å². The Kier molecular flexibility index (Phi) is 9.62. The molecule has 0 saturated heterocycles. The number of nitrogens with two attached hydrogens (primary N) is 1. The molecule has 10 heteroatoms. The van der Waals surface area contributed by atoms with Crippen molar-refractivity contribution < 1.29 is 22.6 Å². The Balaban J connectivity index is 1.85. The van der Waals surface area contributed by atoms with Gasteiger partial charge in [0, 0.05) is 18.1 Å². The van der Waals surface area contributed by atoms with Gasteiger partial charge in [-0.25, -0.2) is 12.7 Å². The lowest BCUT2D eigenvalue weighted by molar-refractivity contribution is 0.0802. The second-order valence-corrected chi connectivity index (χ2v) is 9.73. The molecule has 3 aromatic rings. The van der Waals surface area contributed by atoms with Crippen LogP contribution >= 0.6 is 11.6 Å². The summed E-state index contributed by atoms with van der Waals surface area (Å²) in [4.78, 5) is 0.113. The van der Waals surface area contributed by atoms with E-state index in [4.69, 9.17) is 31.5 Å². The van der Waals surface area contributed by atoms with Crippen LogP contribution in [0.5, 0.6) is 11.5 Å². The number of anilines is 2. The van der Waals surface area contributed by atoms with Crippen LogP contribution in [0.3, 0.4) is 0 Å². The molecular weight excluding hydrogens is 490 g/mol. The number of para-hydroxylation sites is 2. The Bertz CT molecular complexity index is 1170. The number of hydrogen-bond acceptors (Lipinski definition) is 7. The first-order valence-electron chi connectivity index (χ1n) is 11.1. The number of sulfonamides is 1. The summed E-state index contributed by atoms with van der Waals surface area (Å²) >= 11 is 5.91. The zero-order chi connectivity index (χ0) is 25.3. The smallest absolute Gasteiger partial charge is 0.266 e. The molecule has 0 fully saturated rings. The van der Waals surface area contributed by atoms with E-state index in [9.17, 15) is 8.42 Å². The van der Waals surface area contributed by atoms with Gasteiger partial charge in [-0.15, -0.1) is 0 Å². The molecule has 0 aromatic heterocycles. The molecule has 3 aromatic carbocycles. The summed E-state index contributed by atoms with van der Waals surface area (Å²) in [6, 6.07) is 20.4. The quantitative estimate of drug-likeness (QED) is 0.255. The molecule has 0 amide bonds. The molecule has 0 aliphatic carbocycles. The van der Waals surface area contributed by atoms with Gasteiger partial charge in [-0.3, -0.25) is 0 Å². The van der Waals surface area contributed by atoms with Gasteiger partial charge in [0.2, 0.25) is 0 Å². The van der Waals surface area contributed by atoms with Gasteiger partial charge in [0.15, 0.2) is 0 Å². The summed E-state index contributed by atoms with van der Waals surface area (Å²) in [7, 11) is -2.46. The molecular formula is C25H30ClN3O5S. The highest BCUT2D eigenvalue weighted by molar-refractivity contribution is 7.92. The van der Waals surface area contributed by atoms with E-state index >= 15 is 0 Å². The minimum absolute atomic E-state index is 0.113. The molecule has 0 aliphatic heterocycles. The molecule has 0 saturated carbocycles. The number of nitrogens with one attached hydrogen (secondary N) is 1. The second-order valence-electron chi connectivity index (χ2n) is 7.48.